The lowest BCUT2D eigenvalue weighted by molar-refractivity contribution is 0.102. The summed E-state index contributed by atoms with van der Waals surface area (Å²) in [6.07, 6.45) is 1.62. The molecule has 0 bridgehead atoms. The topological polar surface area (TPSA) is 42.0 Å². The van der Waals surface area contributed by atoms with Gasteiger partial charge in [-0.05, 0) is 36.4 Å². The summed E-state index contributed by atoms with van der Waals surface area (Å²) in [5.41, 5.74) is 0.974. The lowest BCUT2D eigenvalue weighted by atomic mass is 10.1. The molecule has 22 heavy (non-hydrogen) atoms. The van der Waals surface area contributed by atoms with Crippen LogP contribution in [0.25, 0.3) is 10.9 Å². The number of aromatic nitrogens is 1. The maximum absolute atomic E-state index is 13.8. The molecular formula is C16H9BrClFN2O. The van der Waals surface area contributed by atoms with Gasteiger partial charge in [0.25, 0.3) is 5.91 Å². The van der Waals surface area contributed by atoms with E-state index in [1.54, 1.807) is 24.4 Å². The van der Waals surface area contributed by atoms with Crippen LogP contribution in [-0.2, 0) is 0 Å². The first-order valence-electron chi connectivity index (χ1n) is 6.35. The zero-order chi connectivity index (χ0) is 15.7. The van der Waals surface area contributed by atoms with Crippen LogP contribution < -0.4 is 5.32 Å². The van der Waals surface area contributed by atoms with Gasteiger partial charge in [-0.15, -0.1) is 0 Å². The number of hydrogen-bond donors (Lipinski definition) is 1. The molecule has 110 valence electrons. The molecule has 0 spiro atoms. The molecule has 1 N–H and O–H groups in total. The van der Waals surface area contributed by atoms with Crippen molar-refractivity contribution in [1.82, 2.24) is 4.98 Å². The van der Waals surface area contributed by atoms with Crippen LogP contribution in [-0.4, -0.2) is 10.9 Å². The van der Waals surface area contributed by atoms with Crippen LogP contribution in [0.1, 0.15) is 10.4 Å². The van der Waals surface area contributed by atoms with Crippen LogP contribution in [0.3, 0.4) is 0 Å². The molecule has 1 aromatic heterocycles. The highest BCUT2D eigenvalue weighted by Gasteiger charge is 2.14. The molecule has 0 radical (unpaired) electrons. The van der Waals surface area contributed by atoms with Crippen molar-refractivity contribution in [2.45, 2.75) is 0 Å². The lowest BCUT2D eigenvalue weighted by Gasteiger charge is -2.09. The predicted molar refractivity (Wildman–Crippen MR) is 88.8 cm³/mol. The maximum atomic E-state index is 13.8. The second-order valence-corrected chi connectivity index (χ2v) is 5.96. The molecular weight excluding hydrogens is 371 g/mol. The predicted octanol–water partition coefficient (Wildman–Crippen LogP) is 5.04. The zero-order valence-corrected chi connectivity index (χ0v) is 13.5. The molecule has 3 aromatic rings. The number of nitrogens with zero attached hydrogens (tertiary/aromatic N) is 1. The number of benzene rings is 2. The highest BCUT2D eigenvalue weighted by molar-refractivity contribution is 9.10. The molecule has 1 amide bonds. The van der Waals surface area contributed by atoms with Crippen LogP contribution in [0.4, 0.5) is 10.1 Å². The van der Waals surface area contributed by atoms with E-state index in [4.69, 9.17) is 11.6 Å². The standard InChI is InChI=1S/C16H9BrClFN2O/c17-10-3-4-13(19)12(7-10)16(22)21-14-8-11(18)6-9-2-1-5-20-15(9)14/h1-8H,(H,21,22). The quantitative estimate of drug-likeness (QED) is 0.677. The Labute approximate surface area is 139 Å². The van der Waals surface area contributed by atoms with Gasteiger partial charge in [0.1, 0.15) is 5.82 Å². The Morgan fingerprint density at radius 2 is 2.05 bits per heavy atom. The molecule has 0 aliphatic heterocycles. The third kappa shape index (κ3) is 2.96. The molecule has 3 rings (SSSR count). The number of halogens is 3. The number of pyridine rings is 1. The van der Waals surface area contributed by atoms with E-state index in [-0.39, 0.29) is 5.56 Å². The normalized spacial score (nSPS) is 10.7. The number of nitrogens with one attached hydrogen (secondary N) is 1. The van der Waals surface area contributed by atoms with E-state index >= 15 is 0 Å². The highest BCUT2D eigenvalue weighted by atomic mass is 79.9. The molecule has 2 aromatic carbocycles. The fourth-order valence-electron chi connectivity index (χ4n) is 2.11. The molecule has 0 aliphatic carbocycles. The van der Waals surface area contributed by atoms with Gasteiger partial charge in [0.15, 0.2) is 0 Å². The van der Waals surface area contributed by atoms with E-state index in [1.807, 2.05) is 6.07 Å². The zero-order valence-electron chi connectivity index (χ0n) is 11.1. The molecule has 0 aliphatic rings. The average Bonchev–Trinajstić information content (AvgIpc) is 2.49. The van der Waals surface area contributed by atoms with Gasteiger partial charge in [0.2, 0.25) is 0 Å². The van der Waals surface area contributed by atoms with E-state index in [2.05, 4.69) is 26.2 Å². The van der Waals surface area contributed by atoms with Crippen molar-refractivity contribution in [3.8, 4) is 0 Å². The third-order valence-electron chi connectivity index (χ3n) is 3.09. The van der Waals surface area contributed by atoms with Crippen molar-refractivity contribution in [3.63, 3.8) is 0 Å². The summed E-state index contributed by atoms with van der Waals surface area (Å²) >= 11 is 9.27. The van der Waals surface area contributed by atoms with Crippen LogP contribution in [0.2, 0.25) is 5.02 Å². The summed E-state index contributed by atoms with van der Waals surface area (Å²) in [6.45, 7) is 0. The van der Waals surface area contributed by atoms with Crippen molar-refractivity contribution in [3.05, 3.63) is 69.5 Å². The van der Waals surface area contributed by atoms with Crippen molar-refractivity contribution in [2.75, 3.05) is 5.32 Å². The number of fused-ring (bicyclic) bond motifs is 1. The van der Waals surface area contributed by atoms with E-state index < -0.39 is 11.7 Å². The summed E-state index contributed by atoms with van der Waals surface area (Å²) in [4.78, 5) is 16.5. The average molecular weight is 380 g/mol. The van der Waals surface area contributed by atoms with Crippen LogP contribution in [0, 0.1) is 5.82 Å². The first kappa shape index (κ1) is 14.9. The van der Waals surface area contributed by atoms with Gasteiger partial charge in [-0.2, -0.15) is 0 Å². The highest BCUT2D eigenvalue weighted by Crippen LogP contribution is 2.27. The molecule has 0 atom stereocenters. The molecule has 0 saturated carbocycles. The van der Waals surface area contributed by atoms with Gasteiger partial charge >= 0.3 is 0 Å². The summed E-state index contributed by atoms with van der Waals surface area (Å²) < 4.78 is 14.4. The van der Waals surface area contributed by atoms with Crippen LogP contribution in [0.5, 0.6) is 0 Å². The fourth-order valence-corrected chi connectivity index (χ4v) is 2.70. The van der Waals surface area contributed by atoms with Gasteiger partial charge in [0.05, 0.1) is 16.8 Å². The Morgan fingerprint density at radius 1 is 1.23 bits per heavy atom. The SMILES string of the molecule is O=C(Nc1cc(Cl)cc2cccnc12)c1cc(Br)ccc1F. The molecule has 3 nitrogen and oxygen atoms in total. The largest absolute Gasteiger partial charge is 0.320 e. The number of anilines is 1. The van der Waals surface area contributed by atoms with Crippen LogP contribution in [0.15, 0.2) is 53.1 Å². The van der Waals surface area contributed by atoms with Crippen molar-refractivity contribution < 1.29 is 9.18 Å². The van der Waals surface area contributed by atoms with Gasteiger partial charge in [0, 0.05) is 21.1 Å². The van der Waals surface area contributed by atoms with Crippen molar-refractivity contribution in [2.24, 2.45) is 0 Å². The van der Waals surface area contributed by atoms with E-state index in [9.17, 15) is 9.18 Å². The molecule has 0 unspecified atom stereocenters. The van der Waals surface area contributed by atoms with Crippen LogP contribution >= 0.6 is 27.5 Å². The van der Waals surface area contributed by atoms with Gasteiger partial charge in [-0.3, -0.25) is 9.78 Å². The third-order valence-corrected chi connectivity index (χ3v) is 3.80. The Balaban J connectivity index is 2.03. The number of carbonyl (C=O) groups excluding carboxylic acids is 1. The van der Waals surface area contributed by atoms with Crippen molar-refractivity contribution >= 4 is 50.0 Å². The second-order valence-electron chi connectivity index (χ2n) is 4.61. The number of rotatable bonds is 2. The molecule has 6 heteroatoms. The first-order chi connectivity index (χ1) is 10.5. The van der Waals surface area contributed by atoms with E-state index in [0.29, 0.717) is 20.7 Å². The smallest absolute Gasteiger partial charge is 0.258 e. The summed E-state index contributed by atoms with van der Waals surface area (Å²) in [5.74, 6) is -1.16. The fraction of sp³-hybridized carbons (Fsp3) is 0. The monoisotopic (exact) mass is 378 g/mol. The minimum atomic E-state index is -0.597. The second kappa shape index (κ2) is 6.02. The number of hydrogen-bond acceptors (Lipinski definition) is 2. The minimum absolute atomic E-state index is 0.0570. The maximum Gasteiger partial charge on any atom is 0.258 e. The number of carbonyl (C=O) groups is 1. The van der Waals surface area contributed by atoms with Gasteiger partial charge in [-0.1, -0.05) is 33.6 Å². The van der Waals surface area contributed by atoms with Crippen molar-refractivity contribution in [1.29, 1.82) is 0 Å². The lowest BCUT2D eigenvalue weighted by Crippen LogP contribution is -2.14. The molecule has 0 saturated heterocycles. The summed E-state index contributed by atoms with van der Waals surface area (Å²) in [6, 6.07) is 11.1. The Kier molecular flexibility index (Phi) is 4.09. The minimum Gasteiger partial charge on any atom is -0.320 e. The molecule has 0 fully saturated rings. The Morgan fingerprint density at radius 3 is 2.86 bits per heavy atom. The summed E-state index contributed by atoms with van der Waals surface area (Å²) in [5, 5.41) is 3.92. The number of amides is 1. The Hall–Kier alpha value is -1.98. The Bertz CT molecular complexity index is 885. The van der Waals surface area contributed by atoms with E-state index in [1.165, 1.54) is 18.2 Å². The molecule has 1 heterocycles. The first-order valence-corrected chi connectivity index (χ1v) is 7.52. The summed E-state index contributed by atoms with van der Waals surface area (Å²) in [7, 11) is 0. The van der Waals surface area contributed by atoms with E-state index in [0.717, 1.165) is 5.39 Å². The van der Waals surface area contributed by atoms with Gasteiger partial charge < -0.3 is 5.32 Å². The van der Waals surface area contributed by atoms with Gasteiger partial charge in [-0.25, -0.2) is 4.39 Å².